The van der Waals surface area contributed by atoms with Crippen LogP contribution in [0.3, 0.4) is 0 Å². The number of allylic oxidation sites excluding steroid dienone is 2. The number of ether oxygens (including phenoxy) is 1. The molecule has 0 radical (unpaired) electrons. The highest BCUT2D eigenvalue weighted by Gasteiger charge is 2.38. The number of aliphatic imine (C=N–C) groups is 1. The molecule has 1 aliphatic carbocycles. The first-order chi connectivity index (χ1) is 13.6. The van der Waals surface area contributed by atoms with Gasteiger partial charge in [-0.1, -0.05) is 12.2 Å². The smallest absolute Gasteiger partial charge is 0.226 e. The first-order valence-electron chi connectivity index (χ1n) is 8.76. The molecule has 0 saturated carbocycles. The Morgan fingerprint density at radius 1 is 1.43 bits per heavy atom. The van der Waals surface area contributed by atoms with Gasteiger partial charge in [0.1, 0.15) is 6.10 Å². The Labute approximate surface area is 174 Å². The van der Waals surface area contributed by atoms with E-state index in [9.17, 15) is 5.11 Å². The van der Waals surface area contributed by atoms with Gasteiger partial charge in [-0.25, -0.2) is 15.0 Å². The standard InChI is InChI=1S/C18H18BrN5O3S/c19-12-8-14(27-18-6-2-1-4-11(18)5-3-7-21-18)16(20-9-12)23-17-22-15(24-28-17)13(26)10-25/h3-5,7-9,13,25-26H,1-2,6,10H2,(H,20,22,23,24)/t13-,18?/m1/s1. The minimum atomic E-state index is -1.11. The second kappa shape index (κ2) is 8.08. The summed E-state index contributed by atoms with van der Waals surface area (Å²) in [5.41, 5.74) is 0.280. The third-order valence-electron chi connectivity index (χ3n) is 4.42. The quantitative estimate of drug-likeness (QED) is 0.602. The van der Waals surface area contributed by atoms with Crippen LogP contribution in [-0.4, -0.2) is 43.1 Å². The molecule has 1 unspecified atom stereocenters. The summed E-state index contributed by atoms with van der Waals surface area (Å²) in [5.74, 6) is 1.15. The van der Waals surface area contributed by atoms with Gasteiger partial charge in [-0.2, -0.15) is 4.37 Å². The van der Waals surface area contributed by atoms with Crippen molar-refractivity contribution in [3.63, 3.8) is 0 Å². The van der Waals surface area contributed by atoms with Crippen molar-refractivity contribution in [2.24, 2.45) is 4.99 Å². The van der Waals surface area contributed by atoms with Gasteiger partial charge in [-0.3, -0.25) is 0 Å². The Hall–Kier alpha value is -2.14. The summed E-state index contributed by atoms with van der Waals surface area (Å²) < 4.78 is 11.2. The Kier molecular flexibility index (Phi) is 5.54. The molecule has 4 rings (SSSR count). The molecule has 146 valence electrons. The third-order valence-corrected chi connectivity index (χ3v) is 5.49. The van der Waals surface area contributed by atoms with Crippen LogP contribution in [0.5, 0.6) is 5.75 Å². The molecule has 0 saturated heterocycles. The van der Waals surface area contributed by atoms with Crippen molar-refractivity contribution in [1.82, 2.24) is 14.3 Å². The average Bonchev–Trinajstić information content (AvgIpc) is 3.18. The van der Waals surface area contributed by atoms with Crippen molar-refractivity contribution in [2.45, 2.75) is 31.1 Å². The number of rotatable bonds is 6. The summed E-state index contributed by atoms with van der Waals surface area (Å²) in [6, 6.07) is 1.83. The molecule has 3 heterocycles. The molecule has 0 fully saturated rings. The first kappa shape index (κ1) is 19.2. The summed E-state index contributed by atoms with van der Waals surface area (Å²) in [6.45, 7) is -0.440. The monoisotopic (exact) mass is 463 g/mol. The Morgan fingerprint density at radius 2 is 2.32 bits per heavy atom. The lowest BCUT2D eigenvalue weighted by atomic mass is 9.89. The Morgan fingerprint density at radius 3 is 3.18 bits per heavy atom. The van der Waals surface area contributed by atoms with Crippen molar-refractivity contribution in [3.8, 4) is 5.75 Å². The van der Waals surface area contributed by atoms with Crippen LogP contribution >= 0.6 is 27.5 Å². The van der Waals surface area contributed by atoms with Gasteiger partial charge >= 0.3 is 0 Å². The molecular weight excluding hydrogens is 446 g/mol. The number of fused-ring (bicyclic) bond motifs is 1. The van der Waals surface area contributed by atoms with Crippen LogP contribution in [0.2, 0.25) is 0 Å². The van der Waals surface area contributed by atoms with Crippen LogP contribution in [0.4, 0.5) is 10.9 Å². The molecule has 0 spiro atoms. The fourth-order valence-electron chi connectivity index (χ4n) is 3.07. The Bertz CT molecular complexity index is 960. The third kappa shape index (κ3) is 3.86. The van der Waals surface area contributed by atoms with Gasteiger partial charge in [0.25, 0.3) is 0 Å². The maximum Gasteiger partial charge on any atom is 0.226 e. The van der Waals surface area contributed by atoms with E-state index in [1.165, 1.54) is 0 Å². The van der Waals surface area contributed by atoms with Crippen LogP contribution in [0, 0.1) is 0 Å². The number of nitrogens with zero attached hydrogens (tertiary/aromatic N) is 4. The number of hydrogen-bond donors (Lipinski definition) is 3. The summed E-state index contributed by atoms with van der Waals surface area (Å²) in [4.78, 5) is 13.2. The van der Waals surface area contributed by atoms with E-state index in [0.717, 1.165) is 40.8 Å². The van der Waals surface area contributed by atoms with Gasteiger partial charge in [-0.05, 0) is 40.9 Å². The van der Waals surface area contributed by atoms with Crippen LogP contribution in [0.25, 0.3) is 0 Å². The van der Waals surface area contributed by atoms with E-state index in [1.807, 2.05) is 18.2 Å². The van der Waals surface area contributed by atoms with Gasteiger partial charge in [-0.15, -0.1) is 0 Å². The number of anilines is 2. The van der Waals surface area contributed by atoms with Gasteiger partial charge < -0.3 is 20.3 Å². The second-order valence-electron chi connectivity index (χ2n) is 6.36. The summed E-state index contributed by atoms with van der Waals surface area (Å²) in [7, 11) is 0. The number of aliphatic hydroxyl groups excluding tert-OH is 2. The van der Waals surface area contributed by atoms with Gasteiger partial charge in [0.2, 0.25) is 10.9 Å². The zero-order valence-electron chi connectivity index (χ0n) is 14.7. The fraction of sp³-hybridized carbons (Fsp3) is 0.333. The number of halogens is 1. The van der Waals surface area contributed by atoms with Crippen molar-refractivity contribution < 1.29 is 14.9 Å². The summed E-state index contributed by atoms with van der Waals surface area (Å²) in [5, 5.41) is 22.2. The molecule has 2 atom stereocenters. The zero-order valence-corrected chi connectivity index (χ0v) is 17.2. The minimum Gasteiger partial charge on any atom is -0.458 e. The van der Waals surface area contributed by atoms with E-state index in [0.29, 0.717) is 16.7 Å². The van der Waals surface area contributed by atoms with Crippen LogP contribution < -0.4 is 10.1 Å². The van der Waals surface area contributed by atoms with Crippen LogP contribution in [0.15, 0.2) is 45.5 Å². The predicted octanol–water partition coefficient (Wildman–Crippen LogP) is 3.29. The molecule has 2 aliphatic rings. The lowest BCUT2D eigenvalue weighted by Gasteiger charge is -2.36. The van der Waals surface area contributed by atoms with E-state index in [4.69, 9.17) is 9.84 Å². The lowest BCUT2D eigenvalue weighted by molar-refractivity contribution is 0.0897. The number of nitrogens with one attached hydrogen (secondary N) is 1. The fourth-order valence-corrected chi connectivity index (χ4v) is 3.99. The van der Waals surface area contributed by atoms with Crippen LogP contribution in [0.1, 0.15) is 31.2 Å². The number of dihydropyridines is 1. The van der Waals surface area contributed by atoms with E-state index < -0.39 is 18.4 Å². The zero-order chi connectivity index (χ0) is 19.6. The van der Waals surface area contributed by atoms with E-state index >= 15 is 0 Å². The van der Waals surface area contributed by atoms with Gasteiger partial charge in [0, 0.05) is 40.4 Å². The predicted molar refractivity (Wildman–Crippen MR) is 110 cm³/mol. The molecule has 3 N–H and O–H groups in total. The van der Waals surface area contributed by atoms with Crippen molar-refractivity contribution in [2.75, 3.05) is 11.9 Å². The highest BCUT2D eigenvalue weighted by molar-refractivity contribution is 9.10. The highest BCUT2D eigenvalue weighted by atomic mass is 79.9. The lowest BCUT2D eigenvalue weighted by Crippen LogP contribution is -2.39. The molecule has 0 amide bonds. The Balaban J connectivity index is 1.63. The number of hydrogen-bond acceptors (Lipinski definition) is 9. The molecule has 28 heavy (non-hydrogen) atoms. The summed E-state index contributed by atoms with van der Waals surface area (Å²) >= 11 is 4.51. The van der Waals surface area contributed by atoms with Crippen molar-refractivity contribution >= 4 is 44.6 Å². The maximum atomic E-state index is 9.67. The van der Waals surface area contributed by atoms with Crippen molar-refractivity contribution in [1.29, 1.82) is 0 Å². The SMILES string of the molecule is OC[C@@H](O)c1nsc(Nc2ncc(Br)cc2OC23CCCC=C2C=CC=N3)n1. The van der Waals surface area contributed by atoms with Crippen molar-refractivity contribution in [3.05, 3.63) is 46.4 Å². The topological polar surface area (TPSA) is 113 Å². The van der Waals surface area contributed by atoms with E-state index in [2.05, 4.69) is 46.7 Å². The van der Waals surface area contributed by atoms with Gasteiger partial charge in [0.05, 0.1) is 6.61 Å². The maximum absolute atomic E-state index is 9.67. The highest BCUT2D eigenvalue weighted by Crippen LogP contribution is 2.40. The second-order valence-corrected chi connectivity index (χ2v) is 8.02. The minimum absolute atomic E-state index is 0.160. The summed E-state index contributed by atoms with van der Waals surface area (Å²) in [6.07, 6.45) is 11.1. The molecule has 0 bridgehead atoms. The molecular formula is C18H18BrN5O3S. The normalized spacial score (nSPS) is 21.8. The largest absolute Gasteiger partial charge is 0.458 e. The van der Waals surface area contributed by atoms with E-state index in [-0.39, 0.29) is 5.82 Å². The molecule has 1 aliphatic heterocycles. The molecule has 0 aromatic carbocycles. The number of aromatic nitrogens is 3. The number of aliphatic hydroxyl groups is 2. The average molecular weight is 464 g/mol. The van der Waals surface area contributed by atoms with Gasteiger partial charge in [0.15, 0.2) is 17.4 Å². The molecule has 10 heteroatoms. The number of pyridine rings is 1. The molecule has 2 aromatic rings. The molecule has 8 nitrogen and oxygen atoms in total. The van der Waals surface area contributed by atoms with Crippen LogP contribution in [-0.2, 0) is 0 Å². The first-order valence-corrected chi connectivity index (χ1v) is 10.3. The molecule has 2 aromatic heterocycles. The van der Waals surface area contributed by atoms with E-state index in [1.54, 1.807) is 12.4 Å².